The van der Waals surface area contributed by atoms with Gasteiger partial charge in [0.05, 0.1) is 16.4 Å². The Labute approximate surface area is 119 Å². The summed E-state index contributed by atoms with van der Waals surface area (Å²) in [5.41, 5.74) is 9.70. The lowest BCUT2D eigenvalue weighted by atomic mass is 10.2. The molecule has 0 fully saturated rings. The number of nitrogen functional groups attached to an aromatic ring is 1. The van der Waals surface area contributed by atoms with Crippen molar-refractivity contribution >= 4 is 17.3 Å². The van der Waals surface area contributed by atoms with E-state index in [-0.39, 0.29) is 0 Å². The second-order valence-corrected chi connectivity index (χ2v) is 5.21. The summed E-state index contributed by atoms with van der Waals surface area (Å²) in [5, 5.41) is 0.603. The normalized spacial score (nSPS) is 10.9. The summed E-state index contributed by atoms with van der Waals surface area (Å²) in [7, 11) is 2.06. The average Bonchev–Trinajstić information content (AvgIpc) is 2.34. The number of nitrogens with zero attached hydrogens (tertiary/aromatic N) is 2. The molecule has 3 nitrogen and oxygen atoms in total. The van der Waals surface area contributed by atoms with E-state index in [2.05, 4.69) is 16.9 Å². The van der Waals surface area contributed by atoms with Crippen molar-refractivity contribution in [3.05, 3.63) is 58.4 Å². The molecule has 0 amide bonds. The Hall–Kier alpha value is -1.58. The van der Waals surface area contributed by atoms with Crippen molar-refractivity contribution < 1.29 is 0 Å². The molecule has 1 aromatic carbocycles. The second kappa shape index (κ2) is 6.04. The summed E-state index contributed by atoms with van der Waals surface area (Å²) in [6.45, 7) is 3.63. The number of hydrogen-bond acceptors (Lipinski definition) is 3. The number of anilines is 1. The minimum atomic E-state index is 0.603. The summed E-state index contributed by atoms with van der Waals surface area (Å²) >= 11 is 5.92. The van der Waals surface area contributed by atoms with Gasteiger partial charge >= 0.3 is 0 Å². The molecule has 0 aliphatic rings. The van der Waals surface area contributed by atoms with Crippen LogP contribution in [-0.4, -0.2) is 16.9 Å². The van der Waals surface area contributed by atoms with Crippen LogP contribution >= 0.6 is 11.6 Å². The van der Waals surface area contributed by atoms with E-state index < -0.39 is 0 Å². The zero-order valence-corrected chi connectivity index (χ0v) is 12.0. The van der Waals surface area contributed by atoms with Gasteiger partial charge in [-0.1, -0.05) is 23.7 Å². The maximum absolute atomic E-state index is 5.92. The highest BCUT2D eigenvalue weighted by atomic mass is 35.5. The number of hydrogen-bond donors (Lipinski definition) is 1. The summed E-state index contributed by atoms with van der Waals surface area (Å²) in [5.74, 6) is 0. The maximum atomic E-state index is 5.92. The number of aromatic nitrogens is 1. The van der Waals surface area contributed by atoms with Crippen LogP contribution in [0, 0.1) is 6.92 Å². The van der Waals surface area contributed by atoms with Crippen LogP contribution in [0.3, 0.4) is 0 Å². The molecule has 0 spiro atoms. The Balaban J connectivity index is 2.01. The fraction of sp³-hybridized carbons (Fsp3) is 0.267. The largest absolute Gasteiger partial charge is 0.398 e. The summed E-state index contributed by atoms with van der Waals surface area (Å²) < 4.78 is 0. The molecule has 0 radical (unpaired) electrons. The number of pyridine rings is 1. The van der Waals surface area contributed by atoms with E-state index in [1.54, 1.807) is 0 Å². The zero-order valence-electron chi connectivity index (χ0n) is 11.2. The third kappa shape index (κ3) is 3.94. The van der Waals surface area contributed by atoms with Crippen molar-refractivity contribution in [1.29, 1.82) is 0 Å². The van der Waals surface area contributed by atoms with Crippen LogP contribution in [0.2, 0.25) is 5.02 Å². The molecule has 0 saturated carbocycles. The number of nitrogens with two attached hydrogens (primary N) is 1. The first-order valence-electron chi connectivity index (χ1n) is 6.19. The van der Waals surface area contributed by atoms with Crippen molar-refractivity contribution in [2.24, 2.45) is 0 Å². The molecule has 0 atom stereocenters. The number of aryl methyl sites for hydroxylation is 1. The van der Waals surface area contributed by atoms with Gasteiger partial charge in [0.2, 0.25) is 0 Å². The van der Waals surface area contributed by atoms with Crippen molar-refractivity contribution in [2.45, 2.75) is 20.0 Å². The van der Waals surface area contributed by atoms with E-state index in [1.165, 1.54) is 0 Å². The molecule has 0 bridgehead atoms. The van der Waals surface area contributed by atoms with Gasteiger partial charge < -0.3 is 5.73 Å². The number of halogens is 1. The number of benzene rings is 1. The molecule has 1 heterocycles. The van der Waals surface area contributed by atoms with Crippen molar-refractivity contribution in [3.8, 4) is 0 Å². The van der Waals surface area contributed by atoms with Gasteiger partial charge in [0.25, 0.3) is 0 Å². The SMILES string of the molecule is Cc1cccc(CN(C)Cc2ccc(Cl)c(N)c2)n1. The van der Waals surface area contributed by atoms with E-state index in [0.29, 0.717) is 10.7 Å². The molecule has 1 aromatic heterocycles. The van der Waals surface area contributed by atoms with E-state index in [0.717, 1.165) is 30.0 Å². The average molecular weight is 276 g/mol. The van der Waals surface area contributed by atoms with Gasteiger partial charge in [-0.15, -0.1) is 0 Å². The monoisotopic (exact) mass is 275 g/mol. The van der Waals surface area contributed by atoms with E-state index >= 15 is 0 Å². The molecule has 0 saturated heterocycles. The third-order valence-electron chi connectivity index (χ3n) is 2.89. The van der Waals surface area contributed by atoms with Gasteiger partial charge in [-0.25, -0.2) is 0 Å². The zero-order chi connectivity index (χ0) is 13.8. The van der Waals surface area contributed by atoms with Crippen LogP contribution in [0.4, 0.5) is 5.69 Å². The molecule has 2 aromatic rings. The third-order valence-corrected chi connectivity index (χ3v) is 3.24. The Morgan fingerprint density at radius 1 is 1.21 bits per heavy atom. The highest BCUT2D eigenvalue weighted by molar-refractivity contribution is 6.33. The van der Waals surface area contributed by atoms with Gasteiger partial charge in [0, 0.05) is 18.8 Å². The minimum absolute atomic E-state index is 0.603. The summed E-state index contributed by atoms with van der Waals surface area (Å²) in [6, 6.07) is 11.8. The quantitative estimate of drug-likeness (QED) is 0.871. The lowest BCUT2D eigenvalue weighted by Crippen LogP contribution is -2.18. The van der Waals surface area contributed by atoms with E-state index in [4.69, 9.17) is 17.3 Å². The van der Waals surface area contributed by atoms with Gasteiger partial charge in [0.1, 0.15) is 0 Å². The smallest absolute Gasteiger partial charge is 0.0635 e. The minimum Gasteiger partial charge on any atom is -0.398 e. The Bertz CT molecular complexity index is 569. The molecule has 0 unspecified atom stereocenters. The first-order chi connectivity index (χ1) is 9.04. The standard InChI is InChI=1S/C15H18ClN3/c1-11-4-3-5-13(18-11)10-19(2)9-12-6-7-14(16)15(17)8-12/h3-8H,9-10,17H2,1-2H3. The molecule has 2 rings (SSSR count). The van der Waals surface area contributed by atoms with E-state index in [9.17, 15) is 0 Å². The van der Waals surface area contributed by atoms with Gasteiger partial charge in [0.15, 0.2) is 0 Å². The van der Waals surface area contributed by atoms with Gasteiger partial charge in [-0.2, -0.15) is 0 Å². The van der Waals surface area contributed by atoms with Gasteiger partial charge in [-0.05, 0) is 43.8 Å². The van der Waals surface area contributed by atoms with Gasteiger partial charge in [-0.3, -0.25) is 9.88 Å². The molecular formula is C15H18ClN3. The highest BCUT2D eigenvalue weighted by Crippen LogP contribution is 2.20. The predicted octanol–water partition coefficient (Wildman–Crippen LogP) is 3.26. The van der Waals surface area contributed by atoms with Crippen LogP contribution in [0.5, 0.6) is 0 Å². The lowest BCUT2D eigenvalue weighted by Gasteiger charge is -2.17. The topological polar surface area (TPSA) is 42.1 Å². The Kier molecular flexibility index (Phi) is 4.40. The molecule has 4 heteroatoms. The van der Waals surface area contributed by atoms with Crippen LogP contribution < -0.4 is 5.73 Å². The fourth-order valence-electron chi connectivity index (χ4n) is 2.02. The predicted molar refractivity (Wildman–Crippen MR) is 80.0 cm³/mol. The van der Waals surface area contributed by atoms with Crippen LogP contribution in [0.1, 0.15) is 17.0 Å². The maximum Gasteiger partial charge on any atom is 0.0635 e. The highest BCUT2D eigenvalue weighted by Gasteiger charge is 2.04. The first kappa shape index (κ1) is 13.8. The van der Waals surface area contributed by atoms with Crippen LogP contribution in [-0.2, 0) is 13.1 Å². The molecule has 0 aliphatic heterocycles. The Morgan fingerprint density at radius 3 is 2.68 bits per heavy atom. The molecule has 19 heavy (non-hydrogen) atoms. The Morgan fingerprint density at radius 2 is 2.00 bits per heavy atom. The summed E-state index contributed by atoms with van der Waals surface area (Å²) in [4.78, 5) is 6.70. The van der Waals surface area contributed by atoms with E-state index in [1.807, 2.05) is 43.3 Å². The molecule has 2 N–H and O–H groups in total. The molecule has 0 aliphatic carbocycles. The van der Waals surface area contributed by atoms with Crippen molar-refractivity contribution in [2.75, 3.05) is 12.8 Å². The van der Waals surface area contributed by atoms with Crippen molar-refractivity contribution in [1.82, 2.24) is 9.88 Å². The fourth-order valence-corrected chi connectivity index (χ4v) is 2.14. The summed E-state index contributed by atoms with van der Waals surface area (Å²) in [6.07, 6.45) is 0. The lowest BCUT2D eigenvalue weighted by molar-refractivity contribution is 0.315. The van der Waals surface area contributed by atoms with Crippen LogP contribution in [0.25, 0.3) is 0 Å². The second-order valence-electron chi connectivity index (χ2n) is 4.80. The molecular weight excluding hydrogens is 258 g/mol. The molecule has 100 valence electrons. The van der Waals surface area contributed by atoms with Crippen LogP contribution in [0.15, 0.2) is 36.4 Å². The van der Waals surface area contributed by atoms with Crippen molar-refractivity contribution in [3.63, 3.8) is 0 Å². The first-order valence-corrected chi connectivity index (χ1v) is 6.57. The number of rotatable bonds is 4.